The van der Waals surface area contributed by atoms with Gasteiger partial charge in [-0.05, 0) is 37.5 Å². The van der Waals surface area contributed by atoms with Crippen LogP contribution in [-0.4, -0.2) is 28.5 Å². The van der Waals surface area contributed by atoms with Gasteiger partial charge in [0.1, 0.15) is 0 Å². The van der Waals surface area contributed by atoms with E-state index in [1.165, 1.54) is 36.6 Å². The van der Waals surface area contributed by atoms with Crippen LogP contribution in [0, 0.1) is 6.92 Å². The van der Waals surface area contributed by atoms with Crippen LogP contribution in [0.5, 0.6) is 0 Å². The Hall–Kier alpha value is -2.40. The fourth-order valence-corrected chi connectivity index (χ4v) is 4.60. The lowest BCUT2D eigenvalue weighted by Crippen LogP contribution is -2.37. The lowest BCUT2D eigenvalue weighted by atomic mass is 9.95. The molecule has 0 spiro atoms. The number of carbonyl (C=O) groups excluding carboxylic acids is 1. The zero-order valence-corrected chi connectivity index (χ0v) is 17.7. The Morgan fingerprint density at radius 2 is 1.69 bits per heavy atom. The molecule has 1 N–H and O–H groups in total. The van der Waals surface area contributed by atoms with Crippen molar-refractivity contribution in [3.8, 4) is 0 Å². The second-order valence-electron chi connectivity index (χ2n) is 7.79. The first-order valence-electron chi connectivity index (χ1n) is 10.4. The molecule has 0 unspecified atom stereocenters. The van der Waals surface area contributed by atoms with Gasteiger partial charge in [0, 0.05) is 12.5 Å². The molecule has 0 saturated heterocycles. The average molecular weight is 406 g/mol. The summed E-state index contributed by atoms with van der Waals surface area (Å²) in [5.74, 6) is 0.509. The van der Waals surface area contributed by atoms with Gasteiger partial charge in [-0.3, -0.25) is 9.79 Å². The van der Waals surface area contributed by atoms with Gasteiger partial charge in [-0.1, -0.05) is 61.2 Å². The molecule has 1 amide bonds. The van der Waals surface area contributed by atoms with Gasteiger partial charge in [-0.25, -0.2) is 4.99 Å². The van der Waals surface area contributed by atoms with Crippen molar-refractivity contribution < 1.29 is 4.79 Å². The molecule has 0 bridgehead atoms. The number of thioether (sulfide) groups is 1. The third kappa shape index (κ3) is 5.36. The van der Waals surface area contributed by atoms with Crippen LogP contribution in [0.25, 0.3) is 0 Å². The molecule has 0 atom stereocenters. The van der Waals surface area contributed by atoms with Gasteiger partial charge in [0.25, 0.3) is 0 Å². The van der Waals surface area contributed by atoms with Crippen LogP contribution in [0.15, 0.2) is 58.5 Å². The molecule has 2 aromatic rings. The summed E-state index contributed by atoms with van der Waals surface area (Å²) in [4.78, 5) is 22.2. The first-order valence-corrected chi connectivity index (χ1v) is 11.4. The molecule has 4 rings (SSSR count). The van der Waals surface area contributed by atoms with Gasteiger partial charge in [0.05, 0.1) is 27.9 Å². The molecule has 2 aliphatic rings. The molecule has 4 nitrogen and oxygen atoms in total. The van der Waals surface area contributed by atoms with E-state index in [1.807, 2.05) is 24.3 Å². The number of aryl methyl sites for hydroxylation is 1. The van der Waals surface area contributed by atoms with Crippen molar-refractivity contribution >= 4 is 39.8 Å². The molecule has 150 valence electrons. The highest BCUT2D eigenvalue weighted by molar-refractivity contribution is 8.14. The summed E-state index contributed by atoms with van der Waals surface area (Å²) in [6.07, 6.45) is 6.58. The zero-order valence-electron chi connectivity index (χ0n) is 16.9. The average Bonchev–Trinajstić information content (AvgIpc) is 2.93. The molecule has 29 heavy (non-hydrogen) atoms. The van der Waals surface area contributed by atoms with Gasteiger partial charge in [-0.15, -0.1) is 11.8 Å². The van der Waals surface area contributed by atoms with Crippen molar-refractivity contribution in [2.45, 2.75) is 51.5 Å². The van der Waals surface area contributed by atoms with Gasteiger partial charge in [0.15, 0.2) is 0 Å². The summed E-state index contributed by atoms with van der Waals surface area (Å²) in [5.41, 5.74) is 5.07. The smallest absolute Gasteiger partial charge is 0.230 e. The number of aliphatic imine (C=N–C) groups is 2. The van der Waals surface area contributed by atoms with E-state index < -0.39 is 0 Å². The summed E-state index contributed by atoms with van der Waals surface area (Å²) in [5, 5.41) is 4.14. The van der Waals surface area contributed by atoms with Crippen LogP contribution in [0.1, 0.15) is 49.7 Å². The maximum absolute atomic E-state index is 12.5. The van der Waals surface area contributed by atoms with Crippen molar-refractivity contribution in [2.75, 3.05) is 5.75 Å². The van der Waals surface area contributed by atoms with Crippen molar-refractivity contribution in [3.05, 3.63) is 59.7 Å². The van der Waals surface area contributed by atoms with Gasteiger partial charge >= 0.3 is 0 Å². The predicted octanol–water partition coefficient (Wildman–Crippen LogP) is 5.73. The number of nitrogens with one attached hydrogen (secondary N) is 1. The summed E-state index contributed by atoms with van der Waals surface area (Å²) >= 11 is 1.53. The molecular formula is C24H27N3OS. The van der Waals surface area contributed by atoms with E-state index >= 15 is 0 Å². The van der Waals surface area contributed by atoms with E-state index in [4.69, 9.17) is 9.98 Å². The molecule has 1 fully saturated rings. The summed E-state index contributed by atoms with van der Waals surface area (Å²) in [6.45, 7) is 2.08. The monoisotopic (exact) mass is 405 g/mol. The molecule has 5 heteroatoms. The first kappa shape index (κ1) is 19.9. The Morgan fingerprint density at radius 3 is 2.41 bits per heavy atom. The lowest BCUT2D eigenvalue weighted by molar-refractivity contribution is -0.119. The second-order valence-corrected chi connectivity index (χ2v) is 8.84. The zero-order chi connectivity index (χ0) is 20.1. The highest BCUT2D eigenvalue weighted by Crippen LogP contribution is 2.33. The number of carbonyl (C=O) groups is 1. The summed E-state index contributed by atoms with van der Waals surface area (Å²) in [7, 11) is 0. The van der Waals surface area contributed by atoms with Crippen LogP contribution in [0.4, 0.5) is 11.4 Å². The Balaban J connectivity index is 1.49. The van der Waals surface area contributed by atoms with Crippen molar-refractivity contribution in [3.63, 3.8) is 0 Å². The molecular weight excluding hydrogens is 378 g/mol. The Morgan fingerprint density at radius 1 is 1.00 bits per heavy atom. The number of benzene rings is 2. The Bertz CT molecular complexity index is 927. The lowest BCUT2D eigenvalue weighted by Gasteiger charge is -2.22. The molecule has 1 aliphatic heterocycles. The van der Waals surface area contributed by atoms with E-state index in [9.17, 15) is 4.79 Å². The maximum atomic E-state index is 12.5. The molecule has 1 saturated carbocycles. The predicted molar refractivity (Wildman–Crippen MR) is 123 cm³/mol. The van der Waals surface area contributed by atoms with E-state index in [0.29, 0.717) is 18.2 Å². The van der Waals surface area contributed by atoms with Crippen LogP contribution >= 0.6 is 11.8 Å². The molecule has 2 aromatic carbocycles. The third-order valence-electron chi connectivity index (χ3n) is 5.43. The Kier molecular flexibility index (Phi) is 6.45. The number of nitrogens with zero attached hydrogens (tertiary/aromatic N) is 2. The SMILES string of the molecule is Cc1ccc(C2=Nc3ccccc3N=C(SCC(=O)NC3CCCCC3)C2)cc1. The van der Waals surface area contributed by atoms with E-state index in [1.54, 1.807) is 0 Å². The number of hydrogen-bond acceptors (Lipinski definition) is 4. The van der Waals surface area contributed by atoms with Crippen molar-refractivity contribution in [1.29, 1.82) is 0 Å². The third-order valence-corrected chi connectivity index (χ3v) is 6.40. The highest BCUT2D eigenvalue weighted by Gasteiger charge is 2.19. The van der Waals surface area contributed by atoms with Gasteiger partial charge in [-0.2, -0.15) is 0 Å². The van der Waals surface area contributed by atoms with Crippen LogP contribution in [-0.2, 0) is 4.79 Å². The Labute approximate surface area is 176 Å². The maximum Gasteiger partial charge on any atom is 0.230 e. The number of para-hydroxylation sites is 2. The highest BCUT2D eigenvalue weighted by atomic mass is 32.2. The molecule has 1 heterocycles. The van der Waals surface area contributed by atoms with E-state index in [-0.39, 0.29) is 5.91 Å². The largest absolute Gasteiger partial charge is 0.353 e. The van der Waals surface area contributed by atoms with Crippen molar-refractivity contribution in [1.82, 2.24) is 5.32 Å². The summed E-state index contributed by atoms with van der Waals surface area (Å²) in [6, 6.07) is 16.7. The number of amides is 1. The first-order chi connectivity index (χ1) is 14.2. The van der Waals surface area contributed by atoms with Gasteiger partial charge < -0.3 is 5.32 Å². The molecule has 1 aliphatic carbocycles. The normalized spacial score (nSPS) is 17.0. The minimum atomic E-state index is 0.107. The topological polar surface area (TPSA) is 53.8 Å². The number of fused-ring (bicyclic) bond motifs is 1. The summed E-state index contributed by atoms with van der Waals surface area (Å²) < 4.78 is 0. The standard InChI is InChI=1S/C24H27N3OS/c1-17-11-13-18(14-12-17)22-15-24(27-21-10-6-5-9-20(21)26-22)29-16-23(28)25-19-7-3-2-4-8-19/h5-6,9-14,19H,2-4,7-8,15-16H2,1H3,(H,25,28). The van der Waals surface area contributed by atoms with Gasteiger partial charge in [0.2, 0.25) is 5.91 Å². The number of hydrogen-bond donors (Lipinski definition) is 1. The minimum absolute atomic E-state index is 0.107. The quantitative estimate of drug-likeness (QED) is 0.706. The van der Waals surface area contributed by atoms with Crippen LogP contribution in [0.2, 0.25) is 0 Å². The fraction of sp³-hybridized carbons (Fsp3) is 0.375. The minimum Gasteiger partial charge on any atom is -0.353 e. The fourth-order valence-electron chi connectivity index (χ4n) is 3.82. The van der Waals surface area contributed by atoms with Crippen molar-refractivity contribution in [2.24, 2.45) is 9.98 Å². The second kappa shape index (κ2) is 9.40. The van der Waals surface area contributed by atoms with Crippen LogP contribution in [0.3, 0.4) is 0 Å². The van der Waals surface area contributed by atoms with E-state index in [0.717, 1.165) is 40.5 Å². The number of rotatable bonds is 4. The van der Waals surface area contributed by atoms with E-state index in [2.05, 4.69) is 36.5 Å². The van der Waals surface area contributed by atoms with Crippen LogP contribution < -0.4 is 5.32 Å². The molecule has 0 aromatic heterocycles. The molecule has 0 radical (unpaired) electrons.